The van der Waals surface area contributed by atoms with Crippen LogP contribution in [0.15, 0.2) is 18.2 Å². The Bertz CT molecular complexity index is 436. The average molecular weight is 250 g/mol. The van der Waals surface area contributed by atoms with Gasteiger partial charge in [-0.15, -0.1) is 0 Å². The van der Waals surface area contributed by atoms with Gasteiger partial charge < -0.3 is 15.8 Å². The molecule has 18 heavy (non-hydrogen) atoms. The normalized spacial score (nSPS) is 12.9. The van der Waals surface area contributed by atoms with Crippen LogP contribution in [0.2, 0.25) is 0 Å². The molecule has 1 unspecified atom stereocenters. The third-order valence-electron chi connectivity index (χ3n) is 2.50. The fraction of sp³-hybridized carbons (Fsp3) is 0.500. The summed E-state index contributed by atoms with van der Waals surface area (Å²) in [5, 5.41) is 2.88. The number of hydrogen-bond donors (Lipinski definition) is 2. The van der Waals surface area contributed by atoms with Gasteiger partial charge in [-0.1, -0.05) is 6.07 Å². The Hall–Kier alpha value is -1.71. The first-order valence-electron chi connectivity index (χ1n) is 6.04. The number of nitrogens with two attached hydrogens (primary N) is 1. The van der Waals surface area contributed by atoms with Gasteiger partial charge in [-0.05, 0) is 46.8 Å². The second-order valence-corrected chi connectivity index (χ2v) is 5.47. The van der Waals surface area contributed by atoms with Crippen molar-refractivity contribution in [3.63, 3.8) is 0 Å². The first-order chi connectivity index (χ1) is 8.20. The summed E-state index contributed by atoms with van der Waals surface area (Å²) in [5.41, 5.74) is 7.05. The van der Waals surface area contributed by atoms with E-state index in [0.717, 1.165) is 5.56 Å². The van der Waals surface area contributed by atoms with Crippen LogP contribution in [0.25, 0.3) is 0 Å². The van der Waals surface area contributed by atoms with Crippen LogP contribution in [0.1, 0.15) is 33.3 Å². The third-order valence-corrected chi connectivity index (χ3v) is 2.50. The van der Waals surface area contributed by atoms with E-state index in [4.69, 9.17) is 10.5 Å². The minimum Gasteiger partial charge on any atom is -0.481 e. The van der Waals surface area contributed by atoms with Gasteiger partial charge >= 0.3 is 0 Å². The van der Waals surface area contributed by atoms with Crippen molar-refractivity contribution in [1.82, 2.24) is 5.32 Å². The minimum absolute atomic E-state index is 0.135. The van der Waals surface area contributed by atoms with Crippen LogP contribution >= 0.6 is 0 Å². The van der Waals surface area contributed by atoms with Crippen molar-refractivity contribution in [2.75, 3.05) is 5.73 Å². The lowest BCUT2D eigenvalue weighted by molar-refractivity contribution is -0.128. The number of benzene rings is 1. The highest BCUT2D eigenvalue weighted by Crippen LogP contribution is 2.23. The maximum Gasteiger partial charge on any atom is 0.261 e. The summed E-state index contributed by atoms with van der Waals surface area (Å²) < 4.78 is 5.64. The van der Waals surface area contributed by atoms with E-state index in [1.165, 1.54) is 0 Å². The molecule has 0 heterocycles. The minimum atomic E-state index is -0.551. The zero-order valence-electron chi connectivity index (χ0n) is 11.7. The number of ether oxygens (including phenoxy) is 1. The van der Waals surface area contributed by atoms with E-state index in [2.05, 4.69) is 5.32 Å². The molecule has 4 nitrogen and oxygen atoms in total. The lowest BCUT2D eigenvalue weighted by atomic mass is 10.1. The van der Waals surface area contributed by atoms with Gasteiger partial charge in [-0.2, -0.15) is 0 Å². The summed E-state index contributed by atoms with van der Waals surface area (Å²) in [6.07, 6.45) is -0.551. The number of nitrogens with one attached hydrogen (secondary N) is 1. The van der Waals surface area contributed by atoms with Crippen molar-refractivity contribution in [2.45, 2.75) is 46.3 Å². The molecule has 0 aliphatic heterocycles. The summed E-state index contributed by atoms with van der Waals surface area (Å²) >= 11 is 0. The lowest BCUT2D eigenvalue weighted by Crippen LogP contribution is -2.46. The molecule has 0 radical (unpaired) electrons. The van der Waals surface area contributed by atoms with Crippen molar-refractivity contribution >= 4 is 11.6 Å². The highest BCUT2D eigenvalue weighted by atomic mass is 16.5. The topological polar surface area (TPSA) is 64.3 Å². The molecule has 0 saturated carbocycles. The molecule has 1 rings (SSSR count). The molecule has 1 aromatic carbocycles. The number of anilines is 1. The molecule has 4 heteroatoms. The van der Waals surface area contributed by atoms with Gasteiger partial charge in [0.15, 0.2) is 6.10 Å². The summed E-state index contributed by atoms with van der Waals surface area (Å²) in [6, 6.07) is 5.43. The second-order valence-electron chi connectivity index (χ2n) is 5.47. The van der Waals surface area contributed by atoms with Crippen molar-refractivity contribution in [1.29, 1.82) is 0 Å². The van der Waals surface area contributed by atoms with Crippen molar-refractivity contribution in [3.8, 4) is 5.75 Å². The monoisotopic (exact) mass is 250 g/mol. The molecule has 0 bridgehead atoms. The zero-order chi connectivity index (χ0) is 13.9. The Morgan fingerprint density at radius 1 is 1.39 bits per heavy atom. The SMILES string of the molecule is Cc1c(N)cccc1OC(C)C(=O)NC(C)(C)C. The molecule has 0 aliphatic rings. The average Bonchev–Trinajstić information content (AvgIpc) is 2.22. The zero-order valence-corrected chi connectivity index (χ0v) is 11.7. The maximum absolute atomic E-state index is 11.9. The Balaban J connectivity index is 2.73. The molecule has 1 aromatic rings. The Kier molecular flexibility index (Phi) is 4.22. The summed E-state index contributed by atoms with van der Waals surface area (Å²) in [4.78, 5) is 11.9. The maximum atomic E-state index is 11.9. The highest BCUT2D eigenvalue weighted by molar-refractivity contribution is 5.81. The van der Waals surface area contributed by atoms with E-state index in [-0.39, 0.29) is 11.4 Å². The second kappa shape index (κ2) is 5.29. The molecule has 1 atom stereocenters. The van der Waals surface area contributed by atoms with Gasteiger partial charge in [-0.25, -0.2) is 0 Å². The molecular formula is C14H22N2O2. The van der Waals surface area contributed by atoms with Crippen LogP contribution in [0.3, 0.4) is 0 Å². The molecule has 0 aliphatic carbocycles. The molecule has 100 valence electrons. The summed E-state index contributed by atoms with van der Waals surface area (Å²) in [6.45, 7) is 9.40. The van der Waals surface area contributed by atoms with E-state index in [1.54, 1.807) is 6.92 Å². The van der Waals surface area contributed by atoms with Crippen LogP contribution in [-0.4, -0.2) is 17.6 Å². The molecule has 0 saturated heterocycles. The van der Waals surface area contributed by atoms with Crippen LogP contribution < -0.4 is 15.8 Å². The predicted octanol–water partition coefficient (Wildman–Crippen LogP) is 2.26. The fourth-order valence-corrected chi connectivity index (χ4v) is 1.47. The van der Waals surface area contributed by atoms with Gasteiger partial charge in [-0.3, -0.25) is 4.79 Å². The van der Waals surface area contributed by atoms with Gasteiger partial charge in [0.05, 0.1) is 0 Å². The summed E-state index contributed by atoms with van der Waals surface area (Å²) in [7, 11) is 0. The summed E-state index contributed by atoms with van der Waals surface area (Å²) in [5.74, 6) is 0.510. The smallest absolute Gasteiger partial charge is 0.261 e. The van der Waals surface area contributed by atoms with Crippen LogP contribution in [0.4, 0.5) is 5.69 Å². The Morgan fingerprint density at radius 2 is 2.00 bits per heavy atom. The van der Waals surface area contributed by atoms with E-state index in [1.807, 2.05) is 45.9 Å². The van der Waals surface area contributed by atoms with Gasteiger partial charge in [0.2, 0.25) is 0 Å². The van der Waals surface area contributed by atoms with Crippen molar-refractivity contribution < 1.29 is 9.53 Å². The van der Waals surface area contributed by atoms with Crippen LogP contribution in [0, 0.1) is 6.92 Å². The van der Waals surface area contributed by atoms with Crippen LogP contribution in [-0.2, 0) is 4.79 Å². The molecule has 0 aromatic heterocycles. The fourth-order valence-electron chi connectivity index (χ4n) is 1.47. The van der Waals surface area contributed by atoms with Crippen LogP contribution in [0.5, 0.6) is 5.75 Å². The number of hydrogen-bond acceptors (Lipinski definition) is 3. The van der Waals surface area contributed by atoms with Gasteiger partial charge in [0.1, 0.15) is 5.75 Å². The van der Waals surface area contributed by atoms with Gasteiger partial charge in [0.25, 0.3) is 5.91 Å². The Labute approximate surface area is 109 Å². The standard InChI is InChI=1S/C14H22N2O2/c1-9-11(15)7-6-8-12(9)18-10(2)13(17)16-14(3,4)5/h6-8,10H,15H2,1-5H3,(H,16,17). The van der Waals surface area contributed by atoms with E-state index >= 15 is 0 Å². The van der Waals surface area contributed by atoms with E-state index < -0.39 is 6.10 Å². The number of rotatable bonds is 3. The number of amides is 1. The third kappa shape index (κ3) is 3.95. The molecule has 3 N–H and O–H groups in total. The van der Waals surface area contributed by atoms with E-state index in [0.29, 0.717) is 11.4 Å². The van der Waals surface area contributed by atoms with Crippen molar-refractivity contribution in [3.05, 3.63) is 23.8 Å². The van der Waals surface area contributed by atoms with Gasteiger partial charge in [0, 0.05) is 16.8 Å². The van der Waals surface area contributed by atoms with Crippen molar-refractivity contribution in [2.24, 2.45) is 0 Å². The number of carbonyl (C=O) groups is 1. The first-order valence-corrected chi connectivity index (χ1v) is 6.04. The highest BCUT2D eigenvalue weighted by Gasteiger charge is 2.21. The lowest BCUT2D eigenvalue weighted by Gasteiger charge is -2.24. The molecule has 0 fully saturated rings. The number of carbonyl (C=O) groups excluding carboxylic acids is 1. The molecule has 1 amide bonds. The largest absolute Gasteiger partial charge is 0.481 e. The Morgan fingerprint density at radius 3 is 2.56 bits per heavy atom. The molecular weight excluding hydrogens is 228 g/mol. The predicted molar refractivity (Wildman–Crippen MR) is 73.6 cm³/mol. The van der Waals surface area contributed by atoms with E-state index in [9.17, 15) is 4.79 Å². The first kappa shape index (κ1) is 14.4. The quantitative estimate of drug-likeness (QED) is 0.809. The number of nitrogen functional groups attached to an aromatic ring is 1. The molecule has 0 spiro atoms.